The van der Waals surface area contributed by atoms with Crippen LogP contribution < -0.4 is 0 Å². The largest absolute Gasteiger partial charge is 0.376 e. The van der Waals surface area contributed by atoms with Gasteiger partial charge in [0.15, 0.2) is 0 Å². The van der Waals surface area contributed by atoms with Gasteiger partial charge in [0.2, 0.25) is 0 Å². The first-order chi connectivity index (χ1) is 6.75. The third-order valence-corrected chi connectivity index (χ3v) is 2.50. The van der Waals surface area contributed by atoms with E-state index in [1.54, 1.807) is 6.92 Å². The topological polar surface area (TPSA) is 26.3 Å². The molecular formula is C12H14O2. The van der Waals surface area contributed by atoms with Gasteiger partial charge in [0.05, 0.1) is 13.2 Å². The van der Waals surface area contributed by atoms with Gasteiger partial charge in [-0.3, -0.25) is 4.79 Å². The number of fused-ring (bicyclic) bond motifs is 1. The zero-order valence-corrected chi connectivity index (χ0v) is 8.38. The second kappa shape index (κ2) is 3.93. The van der Waals surface area contributed by atoms with Crippen molar-refractivity contribution >= 4 is 5.78 Å². The van der Waals surface area contributed by atoms with Gasteiger partial charge in [-0.05, 0) is 30.0 Å². The lowest BCUT2D eigenvalue weighted by molar-refractivity contribution is -0.116. The number of ether oxygens (including phenoxy) is 1. The molecule has 0 unspecified atom stereocenters. The molecule has 2 heteroatoms. The summed E-state index contributed by atoms with van der Waals surface area (Å²) < 4.78 is 5.35. The van der Waals surface area contributed by atoms with Crippen molar-refractivity contribution < 1.29 is 9.53 Å². The number of Topliss-reactive ketones (excluding diaryl/α,β-unsaturated/α-hetero) is 1. The van der Waals surface area contributed by atoms with Crippen LogP contribution in [-0.2, 0) is 29.0 Å². The summed E-state index contributed by atoms with van der Waals surface area (Å²) in [7, 11) is 0. The van der Waals surface area contributed by atoms with Gasteiger partial charge >= 0.3 is 0 Å². The average Bonchev–Trinajstić information content (AvgIpc) is 2.17. The summed E-state index contributed by atoms with van der Waals surface area (Å²) in [4.78, 5) is 11.0. The van der Waals surface area contributed by atoms with Crippen LogP contribution in [0.3, 0.4) is 0 Å². The lowest BCUT2D eigenvalue weighted by Gasteiger charge is -2.16. The van der Waals surface area contributed by atoms with Crippen molar-refractivity contribution in [2.24, 2.45) is 0 Å². The van der Waals surface area contributed by atoms with E-state index in [4.69, 9.17) is 4.74 Å². The first kappa shape index (κ1) is 9.41. The van der Waals surface area contributed by atoms with Crippen LogP contribution in [0.15, 0.2) is 18.2 Å². The maximum absolute atomic E-state index is 11.0. The summed E-state index contributed by atoms with van der Waals surface area (Å²) in [5, 5.41) is 0. The average molecular weight is 190 g/mol. The molecule has 0 radical (unpaired) electrons. The Morgan fingerprint density at radius 1 is 1.43 bits per heavy atom. The fraction of sp³-hybridized carbons (Fsp3) is 0.417. The van der Waals surface area contributed by atoms with Gasteiger partial charge in [0, 0.05) is 6.42 Å². The van der Waals surface area contributed by atoms with Crippen molar-refractivity contribution in [3.63, 3.8) is 0 Å². The van der Waals surface area contributed by atoms with Crippen molar-refractivity contribution in [1.82, 2.24) is 0 Å². The molecule has 0 bridgehead atoms. The standard InChI is InChI=1S/C12H14O2/c1-9(13)6-10-2-3-12-8-14-5-4-11(12)7-10/h2-3,7H,4-6,8H2,1H3. The minimum absolute atomic E-state index is 0.219. The molecule has 1 aliphatic rings. The highest BCUT2D eigenvalue weighted by atomic mass is 16.5. The summed E-state index contributed by atoms with van der Waals surface area (Å²) in [5.74, 6) is 0.219. The fourth-order valence-electron chi connectivity index (χ4n) is 1.81. The Bertz CT molecular complexity index is 355. The van der Waals surface area contributed by atoms with E-state index < -0.39 is 0 Å². The van der Waals surface area contributed by atoms with Gasteiger partial charge in [-0.25, -0.2) is 0 Å². The second-order valence-corrected chi connectivity index (χ2v) is 3.78. The smallest absolute Gasteiger partial charge is 0.134 e. The number of carbonyl (C=O) groups is 1. The minimum Gasteiger partial charge on any atom is -0.376 e. The number of hydrogen-bond acceptors (Lipinski definition) is 2. The molecule has 0 N–H and O–H groups in total. The Kier molecular flexibility index (Phi) is 2.64. The quantitative estimate of drug-likeness (QED) is 0.711. The minimum atomic E-state index is 0.219. The van der Waals surface area contributed by atoms with Gasteiger partial charge in [0.25, 0.3) is 0 Å². The highest BCUT2D eigenvalue weighted by molar-refractivity contribution is 5.78. The van der Waals surface area contributed by atoms with Gasteiger partial charge < -0.3 is 4.74 Å². The van der Waals surface area contributed by atoms with Gasteiger partial charge in [0.1, 0.15) is 5.78 Å². The van der Waals surface area contributed by atoms with Crippen LogP contribution in [0.1, 0.15) is 23.6 Å². The molecule has 0 saturated heterocycles. The highest BCUT2D eigenvalue weighted by Crippen LogP contribution is 2.18. The van der Waals surface area contributed by atoms with E-state index in [2.05, 4.69) is 12.1 Å². The summed E-state index contributed by atoms with van der Waals surface area (Å²) in [6.07, 6.45) is 1.52. The van der Waals surface area contributed by atoms with E-state index in [9.17, 15) is 4.79 Å². The molecule has 0 aliphatic carbocycles. The van der Waals surface area contributed by atoms with Gasteiger partial charge in [-0.2, -0.15) is 0 Å². The predicted octanol–water partition coefficient (Wildman–Crippen LogP) is 1.89. The Morgan fingerprint density at radius 2 is 2.29 bits per heavy atom. The predicted molar refractivity (Wildman–Crippen MR) is 54.2 cm³/mol. The summed E-state index contributed by atoms with van der Waals surface area (Å²) in [6, 6.07) is 6.24. The van der Waals surface area contributed by atoms with Crippen LogP contribution in [-0.4, -0.2) is 12.4 Å². The molecule has 0 spiro atoms. The number of ketones is 1. The summed E-state index contributed by atoms with van der Waals surface area (Å²) >= 11 is 0. The first-order valence-electron chi connectivity index (χ1n) is 4.93. The Hall–Kier alpha value is -1.15. The molecule has 1 aromatic carbocycles. The third kappa shape index (κ3) is 2.02. The number of carbonyl (C=O) groups excluding carboxylic acids is 1. The van der Waals surface area contributed by atoms with E-state index in [1.807, 2.05) is 6.07 Å². The van der Waals surface area contributed by atoms with Gasteiger partial charge in [-0.15, -0.1) is 0 Å². The number of benzene rings is 1. The zero-order valence-electron chi connectivity index (χ0n) is 8.38. The van der Waals surface area contributed by atoms with Gasteiger partial charge in [-0.1, -0.05) is 18.2 Å². The van der Waals surface area contributed by atoms with Crippen molar-refractivity contribution in [3.05, 3.63) is 34.9 Å². The van der Waals surface area contributed by atoms with E-state index in [-0.39, 0.29) is 5.78 Å². The Labute approximate surface area is 83.9 Å². The molecule has 0 atom stereocenters. The van der Waals surface area contributed by atoms with Crippen LogP contribution in [0, 0.1) is 0 Å². The first-order valence-corrected chi connectivity index (χ1v) is 4.93. The molecule has 14 heavy (non-hydrogen) atoms. The van der Waals surface area contributed by atoms with Crippen LogP contribution >= 0.6 is 0 Å². The van der Waals surface area contributed by atoms with E-state index in [0.29, 0.717) is 6.42 Å². The molecule has 1 aromatic rings. The van der Waals surface area contributed by atoms with Crippen LogP contribution in [0.2, 0.25) is 0 Å². The Morgan fingerprint density at radius 3 is 3.07 bits per heavy atom. The fourth-order valence-corrected chi connectivity index (χ4v) is 1.81. The van der Waals surface area contributed by atoms with Crippen LogP contribution in [0.5, 0.6) is 0 Å². The van der Waals surface area contributed by atoms with Crippen molar-refractivity contribution in [2.45, 2.75) is 26.4 Å². The number of hydrogen-bond donors (Lipinski definition) is 0. The van der Waals surface area contributed by atoms with Crippen LogP contribution in [0.4, 0.5) is 0 Å². The normalized spacial score (nSPS) is 14.9. The van der Waals surface area contributed by atoms with Crippen molar-refractivity contribution in [3.8, 4) is 0 Å². The summed E-state index contributed by atoms with van der Waals surface area (Å²) in [5.41, 5.74) is 3.73. The molecule has 0 fully saturated rings. The molecule has 0 saturated carbocycles. The molecule has 2 rings (SSSR count). The zero-order chi connectivity index (χ0) is 9.97. The Balaban J connectivity index is 2.24. The molecule has 2 nitrogen and oxygen atoms in total. The molecule has 74 valence electrons. The van der Waals surface area contributed by atoms with E-state index in [0.717, 1.165) is 25.2 Å². The van der Waals surface area contributed by atoms with Crippen LogP contribution in [0.25, 0.3) is 0 Å². The van der Waals surface area contributed by atoms with Crippen molar-refractivity contribution in [1.29, 1.82) is 0 Å². The van der Waals surface area contributed by atoms with E-state index in [1.165, 1.54) is 11.1 Å². The molecular weight excluding hydrogens is 176 g/mol. The van der Waals surface area contributed by atoms with E-state index >= 15 is 0 Å². The summed E-state index contributed by atoms with van der Waals surface area (Å²) in [6.45, 7) is 3.15. The number of rotatable bonds is 2. The third-order valence-electron chi connectivity index (χ3n) is 2.50. The maximum atomic E-state index is 11.0. The second-order valence-electron chi connectivity index (χ2n) is 3.78. The molecule has 0 aromatic heterocycles. The molecule has 1 heterocycles. The van der Waals surface area contributed by atoms with Crippen molar-refractivity contribution in [2.75, 3.05) is 6.61 Å². The highest BCUT2D eigenvalue weighted by Gasteiger charge is 2.09. The lowest BCUT2D eigenvalue weighted by atomic mass is 9.98. The monoisotopic (exact) mass is 190 g/mol. The lowest BCUT2D eigenvalue weighted by Crippen LogP contribution is -2.10. The SMILES string of the molecule is CC(=O)Cc1ccc2c(c1)CCOC2. The molecule has 0 amide bonds. The molecule has 1 aliphatic heterocycles. The maximum Gasteiger partial charge on any atom is 0.134 e.